The first-order valence-electron chi connectivity index (χ1n) is 7.11. The van der Waals surface area contributed by atoms with Crippen LogP contribution in [-0.2, 0) is 0 Å². The second-order valence-electron chi connectivity index (χ2n) is 5.42. The van der Waals surface area contributed by atoms with Crippen molar-refractivity contribution in [3.63, 3.8) is 0 Å². The van der Waals surface area contributed by atoms with Crippen LogP contribution in [0.3, 0.4) is 0 Å². The molecule has 1 aliphatic heterocycles. The van der Waals surface area contributed by atoms with Gasteiger partial charge in [0.05, 0.1) is 5.37 Å². The molecule has 0 saturated heterocycles. The van der Waals surface area contributed by atoms with Crippen molar-refractivity contribution in [2.75, 3.05) is 12.8 Å². The maximum absolute atomic E-state index is 6.19. The smallest absolute Gasteiger partial charge is 0.0761 e. The molecule has 1 aromatic carbocycles. The number of nitrogen functional groups attached to an aromatic ring is 1. The number of nitrogens with two attached hydrogens (primary N) is 1. The van der Waals surface area contributed by atoms with Gasteiger partial charge in [0.2, 0.25) is 0 Å². The zero-order valence-electron chi connectivity index (χ0n) is 13.0. The first kappa shape index (κ1) is 15.0. The predicted octanol–water partition coefficient (Wildman–Crippen LogP) is 4.63. The molecule has 20 heavy (non-hydrogen) atoms. The third-order valence-electron chi connectivity index (χ3n) is 3.90. The van der Waals surface area contributed by atoms with Crippen LogP contribution in [0.25, 0.3) is 5.57 Å². The molecule has 1 heterocycles. The fourth-order valence-electron chi connectivity index (χ4n) is 2.51. The van der Waals surface area contributed by atoms with Crippen molar-refractivity contribution < 1.29 is 0 Å². The van der Waals surface area contributed by atoms with Crippen molar-refractivity contribution in [2.24, 2.45) is 0 Å². The summed E-state index contributed by atoms with van der Waals surface area (Å²) in [5.41, 5.74) is 12.2. The van der Waals surface area contributed by atoms with Gasteiger partial charge in [-0.3, -0.25) is 0 Å². The van der Waals surface area contributed by atoms with Crippen LogP contribution in [0.2, 0.25) is 0 Å². The number of benzene rings is 1. The Morgan fingerprint density at radius 1 is 1.40 bits per heavy atom. The molecule has 1 atom stereocenters. The summed E-state index contributed by atoms with van der Waals surface area (Å²) >= 11 is 1.92. The number of hydrogen-bond acceptors (Lipinski definition) is 3. The fourth-order valence-corrected chi connectivity index (χ4v) is 3.63. The Balaban J connectivity index is 2.48. The van der Waals surface area contributed by atoms with E-state index < -0.39 is 0 Å². The monoisotopic (exact) mass is 288 g/mol. The highest BCUT2D eigenvalue weighted by atomic mass is 32.2. The summed E-state index contributed by atoms with van der Waals surface area (Å²) in [5.74, 6) is 0. The van der Waals surface area contributed by atoms with Gasteiger partial charge >= 0.3 is 0 Å². The predicted molar refractivity (Wildman–Crippen MR) is 91.4 cm³/mol. The minimum absolute atomic E-state index is 0.507. The van der Waals surface area contributed by atoms with Crippen molar-refractivity contribution in [1.29, 1.82) is 0 Å². The van der Waals surface area contributed by atoms with E-state index >= 15 is 0 Å². The minimum atomic E-state index is 0.507. The standard InChI is InChI=1S/C17H24N2S/c1-6-14(15-9-11(2)7-8-16(15)18)12(3)17-10-19(5)13(4)20-17/h7-10,13H,6,18H2,1-5H3/b14-12+. The van der Waals surface area contributed by atoms with Crippen molar-refractivity contribution in [1.82, 2.24) is 4.90 Å². The van der Waals surface area contributed by atoms with Crippen LogP contribution in [0.1, 0.15) is 38.3 Å². The van der Waals surface area contributed by atoms with E-state index in [9.17, 15) is 0 Å². The van der Waals surface area contributed by atoms with Crippen LogP contribution >= 0.6 is 11.8 Å². The van der Waals surface area contributed by atoms with Gasteiger partial charge in [0.15, 0.2) is 0 Å². The van der Waals surface area contributed by atoms with Crippen molar-refractivity contribution in [3.8, 4) is 0 Å². The molecule has 2 nitrogen and oxygen atoms in total. The highest BCUT2D eigenvalue weighted by molar-refractivity contribution is 8.04. The molecule has 0 aromatic heterocycles. The number of rotatable bonds is 3. The summed E-state index contributed by atoms with van der Waals surface area (Å²) in [6, 6.07) is 6.28. The second kappa shape index (κ2) is 5.96. The quantitative estimate of drug-likeness (QED) is 0.822. The van der Waals surface area contributed by atoms with Gasteiger partial charge in [-0.15, -0.1) is 0 Å². The van der Waals surface area contributed by atoms with Crippen LogP contribution in [0.5, 0.6) is 0 Å². The molecule has 0 aliphatic carbocycles. The number of anilines is 1. The van der Waals surface area contributed by atoms with Gasteiger partial charge in [-0.25, -0.2) is 0 Å². The maximum Gasteiger partial charge on any atom is 0.0761 e. The first-order valence-corrected chi connectivity index (χ1v) is 7.99. The lowest BCUT2D eigenvalue weighted by Gasteiger charge is -2.15. The van der Waals surface area contributed by atoms with Crippen LogP contribution in [-0.4, -0.2) is 17.3 Å². The molecule has 0 fully saturated rings. The topological polar surface area (TPSA) is 29.3 Å². The van der Waals surface area contributed by atoms with Gasteiger partial charge < -0.3 is 10.6 Å². The van der Waals surface area contributed by atoms with E-state index in [1.54, 1.807) is 0 Å². The second-order valence-corrected chi connectivity index (χ2v) is 6.78. The first-order chi connectivity index (χ1) is 9.43. The molecule has 0 bridgehead atoms. The molecule has 1 aromatic rings. The average Bonchev–Trinajstić information content (AvgIpc) is 2.74. The molecule has 0 amide bonds. The number of allylic oxidation sites excluding steroid dienone is 2. The number of thioether (sulfide) groups is 1. The highest BCUT2D eigenvalue weighted by Crippen LogP contribution is 2.40. The van der Waals surface area contributed by atoms with Gasteiger partial charge in [-0.2, -0.15) is 0 Å². The van der Waals surface area contributed by atoms with Crippen LogP contribution in [0, 0.1) is 6.92 Å². The lowest BCUT2D eigenvalue weighted by atomic mass is 9.95. The molecule has 1 unspecified atom stereocenters. The van der Waals surface area contributed by atoms with Crippen LogP contribution in [0.15, 0.2) is 34.9 Å². The van der Waals surface area contributed by atoms with Gasteiger partial charge in [0.1, 0.15) is 0 Å². The van der Waals surface area contributed by atoms with Gasteiger partial charge in [0, 0.05) is 29.4 Å². The van der Waals surface area contributed by atoms with Gasteiger partial charge in [-0.05, 0) is 50.5 Å². The van der Waals surface area contributed by atoms with E-state index in [4.69, 9.17) is 5.73 Å². The summed E-state index contributed by atoms with van der Waals surface area (Å²) < 4.78 is 0. The normalized spacial score (nSPS) is 19.9. The lowest BCUT2D eigenvalue weighted by molar-refractivity contribution is 0.459. The van der Waals surface area contributed by atoms with Crippen LogP contribution in [0.4, 0.5) is 5.69 Å². The number of hydrogen-bond donors (Lipinski definition) is 1. The Morgan fingerprint density at radius 3 is 2.65 bits per heavy atom. The largest absolute Gasteiger partial charge is 0.398 e. The molecular weight excluding hydrogens is 264 g/mol. The number of nitrogens with zero attached hydrogens (tertiary/aromatic N) is 1. The Kier molecular flexibility index (Phi) is 4.48. The Bertz CT molecular complexity index is 572. The van der Waals surface area contributed by atoms with Crippen LogP contribution < -0.4 is 5.73 Å². The fraction of sp³-hybridized carbons (Fsp3) is 0.412. The minimum Gasteiger partial charge on any atom is -0.398 e. The third kappa shape index (κ3) is 2.88. The molecule has 108 valence electrons. The highest BCUT2D eigenvalue weighted by Gasteiger charge is 2.21. The molecule has 2 N–H and O–H groups in total. The Hall–Kier alpha value is -1.35. The van der Waals surface area contributed by atoms with Crippen molar-refractivity contribution >= 4 is 23.0 Å². The van der Waals surface area contributed by atoms with E-state index in [2.05, 4.69) is 58.0 Å². The molecule has 2 rings (SSSR count). The molecule has 1 aliphatic rings. The van der Waals surface area contributed by atoms with Gasteiger partial charge in [0.25, 0.3) is 0 Å². The summed E-state index contributed by atoms with van der Waals surface area (Å²) in [5, 5.41) is 0.507. The summed E-state index contributed by atoms with van der Waals surface area (Å²) in [7, 11) is 2.13. The lowest BCUT2D eigenvalue weighted by Crippen LogP contribution is -2.14. The van der Waals surface area contributed by atoms with E-state index in [-0.39, 0.29) is 0 Å². The summed E-state index contributed by atoms with van der Waals surface area (Å²) in [6.07, 6.45) is 3.24. The van der Waals surface area contributed by atoms with Crippen molar-refractivity contribution in [2.45, 2.75) is 39.5 Å². The summed E-state index contributed by atoms with van der Waals surface area (Å²) in [6.45, 7) is 8.76. The molecule has 0 radical (unpaired) electrons. The third-order valence-corrected chi connectivity index (χ3v) is 5.24. The SMILES string of the molecule is CC/C(=C(/C)C1=CN(C)C(C)S1)c1cc(C)ccc1N. The molecular formula is C17H24N2S. The Labute approximate surface area is 126 Å². The number of aryl methyl sites for hydroxylation is 1. The average molecular weight is 288 g/mol. The summed E-state index contributed by atoms with van der Waals surface area (Å²) in [4.78, 5) is 3.62. The zero-order chi connectivity index (χ0) is 14.9. The maximum atomic E-state index is 6.19. The van der Waals surface area contributed by atoms with E-state index in [0.717, 1.165) is 12.1 Å². The molecule has 3 heteroatoms. The zero-order valence-corrected chi connectivity index (χ0v) is 13.8. The van der Waals surface area contributed by atoms with E-state index in [1.165, 1.54) is 27.2 Å². The Morgan fingerprint density at radius 2 is 2.10 bits per heavy atom. The van der Waals surface area contributed by atoms with E-state index in [1.807, 2.05) is 17.8 Å². The van der Waals surface area contributed by atoms with Gasteiger partial charge in [-0.1, -0.05) is 30.3 Å². The van der Waals surface area contributed by atoms with E-state index in [0.29, 0.717) is 5.37 Å². The molecule has 0 saturated carbocycles. The van der Waals surface area contributed by atoms with Crippen molar-refractivity contribution in [3.05, 3.63) is 46.0 Å². The molecule has 0 spiro atoms.